The zero-order valence-electron chi connectivity index (χ0n) is 10.8. The Morgan fingerprint density at radius 2 is 2.06 bits per heavy atom. The molecule has 0 aromatic carbocycles. The first kappa shape index (κ1) is 15.0. The van der Waals surface area contributed by atoms with Crippen LogP contribution in [0.1, 0.15) is 40.5 Å². The molecule has 0 bridgehead atoms. The summed E-state index contributed by atoms with van der Waals surface area (Å²) >= 11 is 0. The number of allylic oxidation sites excluding steroid dienone is 1. The van der Waals surface area contributed by atoms with Crippen LogP contribution in [-0.4, -0.2) is 19.1 Å². The van der Waals surface area contributed by atoms with Crippen LogP contribution in [0.5, 0.6) is 0 Å². The van der Waals surface area contributed by atoms with Crippen LogP contribution < -0.4 is 5.32 Å². The first-order valence-corrected chi connectivity index (χ1v) is 5.63. The predicted octanol–water partition coefficient (Wildman–Crippen LogP) is 2.41. The quantitative estimate of drug-likeness (QED) is 0.301. The van der Waals surface area contributed by atoms with Crippen molar-refractivity contribution >= 4 is 5.91 Å². The molecule has 0 spiro atoms. The number of rotatable bonds is 8. The SMILES string of the molecule is C=C(C)OOCCCNC(=O)C(C)(C)CC. The van der Waals surface area contributed by atoms with Crippen molar-refractivity contribution < 1.29 is 14.6 Å². The first-order chi connectivity index (χ1) is 7.40. The molecule has 1 amide bonds. The molecule has 0 aromatic rings. The molecular formula is C12H23NO3. The Balaban J connectivity index is 3.52. The molecule has 0 atom stereocenters. The third kappa shape index (κ3) is 6.45. The minimum atomic E-state index is -0.297. The van der Waals surface area contributed by atoms with E-state index in [4.69, 9.17) is 9.78 Å². The van der Waals surface area contributed by atoms with Crippen molar-refractivity contribution in [3.8, 4) is 0 Å². The Bertz CT molecular complexity index is 236. The van der Waals surface area contributed by atoms with Crippen molar-refractivity contribution in [3.63, 3.8) is 0 Å². The maximum atomic E-state index is 11.6. The number of hydrogen-bond acceptors (Lipinski definition) is 3. The van der Waals surface area contributed by atoms with Crippen LogP contribution in [0.3, 0.4) is 0 Å². The fraction of sp³-hybridized carbons (Fsp3) is 0.750. The predicted molar refractivity (Wildman–Crippen MR) is 63.5 cm³/mol. The standard InChI is InChI=1S/C12H23NO3/c1-6-12(4,5)11(14)13-8-7-9-15-16-10(2)3/h2,6-9H2,1,3-5H3,(H,13,14). The summed E-state index contributed by atoms with van der Waals surface area (Å²) in [5.41, 5.74) is -0.297. The molecule has 0 aromatic heterocycles. The van der Waals surface area contributed by atoms with E-state index in [9.17, 15) is 4.79 Å². The molecule has 16 heavy (non-hydrogen) atoms. The van der Waals surface area contributed by atoms with E-state index in [1.807, 2.05) is 20.8 Å². The van der Waals surface area contributed by atoms with Gasteiger partial charge in [0.25, 0.3) is 0 Å². The van der Waals surface area contributed by atoms with E-state index in [1.165, 1.54) is 0 Å². The third-order valence-electron chi connectivity index (χ3n) is 2.39. The summed E-state index contributed by atoms with van der Waals surface area (Å²) in [5, 5.41) is 2.87. The van der Waals surface area contributed by atoms with Gasteiger partial charge < -0.3 is 10.2 Å². The van der Waals surface area contributed by atoms with Crippen molar-refractivity contribution in [2.75, 3.05) is 13.2 Å². The van der Waals surface area contributed by atoms with Gasteiger partial charge in [0.15, 0.2) is 0 Å². The van der Waals surface area contributed by atoms with E-state index in [0.717, 1.165) is 12.8 Å². The van der Waals surface area contributed by atoms with E-state index in [1.54, 1.807) is 6.92 Å². The maximum Gasteiger partial charge on any atom is 0.225 e. The lowest BCUT2D eigenvalue weighted by molar-refractivity contribution is -0.261. The molecule has 94 valence electrons. The molecule has 0 aliphatic carbocycles. The van der Waals surface area contributed by atoms with Gasteiger partial charge in [0.1, 0.15) is 5.76 Å². The maximum absolute atomic E-state index is 11.6. The van der Waals surface area contributed by atoms with Gasteiger partial charge in [-0.05, 0) is 19.8 Å². The summed E-state index contributed by atoms with van der Waals surface area (Å²) < 4.78 is 0. The Kier molecular flexibility index (Phi) is 6.81. The van der Waals surface area contributed by atoms with E-state index in [-0.39, 0.29) is 11.3 Å². The minimum Gasteiger partial charge on any atom is -0.356 e. The number of carbonyl (C=O) groups is 1. The fourth-order valence-electron chi connectivity index (χ4n) is 0.875. The van der Waals surface area contributed by atoms with Gasteiger partial charge in [-0.2, -0.15) is 4.89 Å². The number of hydrogen-bond donors (Lipinski definition) is 1. The first-order valence-electron chi connectivity index (χ1n) is 5.63. The normalized spacial score (nSPS) is 11.0. The highest BCUT2D eigenvalue weighted by Gasteiger charge is 2.24. The van der Waals surface area contributed by atoms with Gasteiger partial charge in [-0.15, -0.1) is 0 Å². The Hall–Kier alpha value is -1.03. The van der Waals surface area contributed by atoms with Gasteiger partial charge in [-0.25, -0.2) is 0 Å². The van der Waals surface area contributed by atoms with Crippen molar-refractivity contribution in [3.05, 3.63) is 12.3 Å². The highest BCUT2D eigenvalue weighted by Crippen LogP contribution is 2.19. The molecule has 0 rings (SSSR count). The van der Waals surface area contributed by atoms with E-state index < -0.39 is 0 Å². The molecule has 0 unspecified atom stereocenters. The lowest BCUT2D eigenvalue weighted by Gasteiger charge is -2.21. The number of amides is 1. The number of nitrogens with one attached hydrogen (secondary N) is 1. The van der Waals surface area contributed by atoms with Crippen molar-refractivity contribution in [2.45, 2.75) is 40.5 Å². The Morgan fingerprint density at radius 3 is 2.56 bits per heavy atom. The Morgan fingerprint density at radius 1 is 1.44 bits per heavy atom. The fourth-order valence-corrected chi connectivity index (χ4v) is 0.875. The molecule has 0 saturated carbocycles. The van der Waals surface area contributed by atoms with Crippen molar-refractivity contribution in [1.82, 2.24) is 5.32 Å². The highest BCUT2D eigenvalue weighted by molar-refractivity contribution is 5.81. The number of carbonyl (C=O) groups excluding carboxylic acids is 1. The second-order valence-corrected chi connectivity index (χ2v) is 4.45. The van der Waals surface area contributed by atoms with Crippen LogP contribution in [0.25, 0.3) is 0 Å². The smallest absolute Gasteiger partial charge is 0.225 e. The molecule has 0 aliphatic heterocycles. The average Bonchev–Trinajstić information content (AvgIpc) is 2.22. The molecule has 0 radical (unpaired) electrons. The van der Waals surface area contributed by atoms with Gasteiger partial charge in [0.2, 0.25) is 5.91 Å². The van der Waals surface area contributed by atoms with Crippen molar-refractivity contribution in [2.24, 2.45) is 5.41 Å². The van der Waals surface area contributed by atoms with Crippen LogP contribution in [0.4, 0.5) is 0 Å². The largest absolute Gasteiger partial charge is 0.356 e. The molecule has 1 N–H and O–H groups in total. The summed E-state index contributed by atoms with van der Waals surface area (Å²) in [6, 6.07) is 0. The van der Waals surface area contributed by atoms with E-state index >= 15 is 0 Å². The molecule has 4 heteroatoms. The Labute approximate surface area is 97.9 Å². The molecule has 0 aliphatic rings. The summed E-state index contributed by atoms with van der Waals surface area (Å²) in [6.45, 7) is 12.2. The summed E-state index contributed by atoms with van der Waals surface area (Å²) in [4.78, 5) is 21.2. The van der Waals surface area contributed by atoms with E-state index in [0.29, 0.717) is 18.9 Å². The van der Waals surface area contributed by atoms with Gasteiger partial charge in [-0.3, -0.25) is 4.79 Å². The zero-order valence-corrected chi connectivity index (χ0v) is 10.8. The zero-order chi connectivity index (χ0) is 12.6. The van der Waals surface area contributed by atoms with E-state index in [2.05, 4.69) is 11.9 Å². The van der Waals surface area contributed by atoms with Crippen molar-refractivity contribution in [1.29, 1.82) is 0 Å². The minimum absolute atomic E-state index is 0.0795. The summed E-state index contributed by atoms with van der Waals surface area (Å²) in [6.07, 6.45) is 1.55. The molecule has 0 fully saturated rings. The van der Waals surface area contributed by atoms with Crippen LogP contribution in [0.15, 0.2) is 12.3 Å². The topological polar surface area (TPSA) is 47.6 Å². The van der Waals surface area contributed by atoms with Crippen LogP contribution in [0.2, 0.25) is 0 Å². The second-order valence-electron chi connectivity index (χ2n) is 4.45. The molecular weight excluding hydrogens is 206 g/mol. The van der Waals surface area contributed by atoms with Gasteiger partial charge in [0, 0.05) is 12.0 Å². The average molecular weight is 229 g/mol. The molecule has 0 heterocycles. The highest BCUT2D eigenvalue weighted by atomic mass is 17.2. The lowest BCUT2D eigenvalue weighted by Crippen LogP contribution is -2.37. The molecule has 0 saturated heterocycles. The van der Waals surface area contributed by atoms with Gasteiger partial charge >= 0.3 is 0 Å². The monoisotopic (exact) mass is 229 g/mol. The van der Waals surface area contributed by atoms with Crippen LogP contribution in [-0.2, 0) is 14.6 Å². The summed E-state index contributed by atoms with van der Waals surface area (Å²) in [7, 11) is 0. The lowest BCUT2D eigenvalue weighted by atomic mass is 9.89. The van der Waals surface area contributed by atoms with Gasteiger partial charge in [0.05, 0.1) is 6.61 Å². The second kappa shape index (κ2) is 7.28. The third-order valence-corrected chi connectivity index (χ3v) is 2.39. The molecule has 4 nitrogen and oxygen atoms in total. The van der Waals surface area contributed by atoms with Crippen LogP contribution >= 0.6 is 0 Å². The summed E-state index contributed by atoms with van der Waals surface area (Å²) in [5.74, 6) is 0.604. The van der Waals surface area contributed by atoms with Gasteiger partial charge in [-0.1, -0.05) is 27.4 Å². The van der Waals surface area contributed by atoms with Crippen LogP contribution in [0, 0.1) is 5.41 Å².